The van der Waals surface area contributed by atoms with E-state index in [2.05, 4.69) is 15.3 Å². The number of ether oxygens (including phenoxy) is 2. The van der Waals surface area contributed by atoms with E-state index in [1.165, 1.54) is 0 Å². The van der Waals surface area contributed by atoms with Crippen molar-refractivity contribution in [3.8, 4) is 11.5 Å². The fourth-order valence-electron chi connectivity index (χ4n) is 2.60. The molecule has 3 aromatic rings. The standard InChI is InChI=1S/C17H15N3O3/c21-17(11-4-3-7-14-16(11)23-9-8-22-14)18-10-15-19-12-5-1-2-6-13(12)20-15/h1-7H,8-10H2,(H,18,21)(H,19,20). The van der Waals surface area contributed by atoms with Gasteiger partial charge in [-0.05, 0) is 24.3 Å². The molecule has 1 aromatic heterocycles. The third-order valence-electron chi connectivity index (χ3n) is 3.67. The molecule has 0 spiro atoms. The molecule has 0 saturated carbocycles. The first kappa shape index (κ1) is 13.6. The lowest BCUT2D eigenvalue weighted by atomic mass is 10.1. The molecule has 2 aromatic carbocycles. The molecule has 0 unspecified atom stereocenters. The van der Waals surface area contributed by atoms with E-state index in [4.69, 9.17) is 9.47 Å². The number of aromatic amines is 1. The summed E-state index contributed by atoms with van der Waals surface area (Å²) in [5, 5.41) is 2.86. The summed E-state index contributed by atoms with van der Waals surface area (Å²) in [6.07, 6.45) is 0. The number of hydrogen-bond donors (Lipinski definition) is 2. The van der Waals surface area contributed by atoms with Crippen molar-refractivity contribution >= 4 is 16.9 Å². The molecule has 2 heterocycles. The van der Waals surface area contributed by atoms with Crippen molar-refractivity contribution < 1.29 is 14.3 Å². The minimum atomic E-state index is -0.215. The molecule has 6 heteroatoms. The second kappa shape index (κ2) is 5.64. The summed E-state index contributed by atoms with van der Waals surface area (Å²) in [6.45, 7) is 1.26. The van der Waals surface area contributed by atoms with Crippen molar-refractivity contribution in [3.63, 3.8) is 0 Å². The van der Waals surface area contributed by atoms with E-state index in [-0.39, 0.29) is 5.91 Å². The second-order valence-electron chi connectivity index (χ2n) is 5.21. The summed E-state index contributed by atoms with van der Waals surface area (Å²) in [7, 11) is 0. The van der Waals surface area contributed by atoms with E-state index >= 15 is 0 Å². The number of aromatic nitrogens is 2. The number of benzene rings is 2. The largest absolute Gasteiger partial charge is 0.486 e. The predicted octanol–water partition coefficient (Wildman–Crippen LogP) is 2.26. The van der Waals surface area contributed by atoms with Crippen LogP contribution in [0.25, 0.3) is 11.0 Å². The normalized spacial score (nSPS) is 13.0. The highest BCUT2D eigenvalue weighted by atomic mass is 16.6. The molecule has 1 amide bonds. The Kier molecular flexibility index (Phi) is 3.34. The first-order valence-corrected chi connectivity index (χ1v) is 7.42. The van der Waals surface area contributed by atoms with Gasteiger partial charge in [-0.3, -0.25) is 4.79 Å². The highest BCUT2D eigenvalue weighted by Crippen LogP contribution is 2.33. The van der Waals surface area contributed by atoms with Crippen LogP contribution in [0, 0.1) is 0 Å². The fourth-order valence-corrected chi connectivity index (χ4v) is 2.60. The molecule has 23 heavy (non-hydrogen) atoms. The molecule has 0 saturated heterocycles. The lowest BCUT2D eigenvalue weighted by molar-refractivity contribution is 0.0939. The number of carbonyl (C=O) groups is 1. The molecule has 6 nitrogen and oxygen atoms in total. The maximum absolute atomic E-state index is 12.4. The van der Waals surface area contributed by atoms with Crippen LogP contribution in [0.1, 0.15) is 16.2 Å². The molecule has 0 fully saturated rings. The Morgan fingerprint density at radius 2 is 2.00 bits per heavy atom. The van der Waals surface area contributed by atoms with Crippen LogP contribution in [0.5, 0.6) is 11.5 Å². The minimum absolute atomic E-state index is 0.215. The smallest absolute Gasteiger partial charge is 0.255 e. The van der Waals surface area contributed by atoms with Gasteiger partial charge in [0.15, 0.2) is 11.5 Å². The molecular formula is C17H15N3O3. The summed E-state index contributed by atoms with van der Waals surface area (Å²) in [4.78, 5) is 20.0. The van der Waals surface area contributed by atoms with Gasteiger partial charge in [0.05, 0.1) is 23.1 Å². The van der Waals surface area contributed by atoms with Crippen LogP contribution in [0.3, 0.4) is 0 Å². The molecule has 1 aliphatic heterocycles. The first-order valence-electron chi connectivity index (χ1n) is 7.42. The zero-order valence-corrected chi connectivity index (χ0v) is 12.3. The number of rotatable bonds is 3. The van der Waals surface area contributed by atoms with Gasteiger partial charge in [0.2, 0.25) is 0 Å². The topological polar surface area (TPSA) is 76.2 Å². The Balaban J connectivity index is 1.52. The van der Waals surface area contributed by atoms with Crippen LogP contribution in [0.2, 0.25) is 0 Å². The van der Waals surface area contributed by atoms with E-state index in [9.17, 15) is 4.79 Å². The highest BCUT2D eigenvalue weighted by Gasteiger charge is 2.20. The number of hydrogen-bond acceptors (Lipinski definition) is 4. The molecule has 1 aliphatic rings. The third-order valence-corrected chi connectivity index (χ3v) is 3.67. The van der Waals surface area contributed by atoms with E-state index in [0.717, 1.165) is 11.0 Å². The quantitative estimate of drug-likeness (QED) is 0.778. The van der Waals surface area contributed by atoms with Crippen LogP contribution in [0.4, 0.5) is 0 Å². The first-order chi connectivity index (χ1) is 11.3. The third kappa shape index (κ3) is 2.59. The van der Waals surface area contributed by atoms with E-state index in [1.54, 1.807) is 18.2 Å². The van der Waals surface area contributed by atoms with E-state index in [0.29, 0.717) is 42.6 Å². The minimum Gasteiger partial charge on any atom is -0.486 e. The van der Waals surface area contributed by atoms with Gasteiger partial charge in [-0.25, -0.2) is 4.98 Å². The fraction of sp³-hybridized carbons (Fsp3) is 0.176. The number of H-pyrrole nitrogens is 1. The van der Waals surface area contributed by atoms with Crippen LogP contribution in [0.15, 0.2) is 42.5 Å². The number of nitrogens with zero attached hydrogens (tertiary/aromatic N) is 1. The molecule has 0 bridgehead atoms. The number of amides is 1. The second-order valence-corrected chi connectivity index (χ2v) is 5.21. The van der Waals surface area contributed by atoms with Crippen molar-refractivity contribution in [2.24, 2.45) is 0 Å². The Morgan fingerprint density at radius 1 is 1.13 bits per heavy atom. The van der Waals surface area contributed by atoms with Gasteiger partial charge in [0, 0.05) is 0 Å². The lowest BCUT2D eigenvalue weighted by Crippen LogP contribution is -2.25. The Morgan fingerprint density at radius 3 is 2.91 bits per heavy atom. The molecule has 0 aliphatic carbocycles. The monoisotopic (exact) mass is 309 g/mol. The summed E-state index contributed by atoms with van der Waals surface area (Å²) in [6, 6.07) is 13.0. The van der Waals surface area contributed by atoms with Crippen LogP contribution < -0.4 is 14.8 Å². The number of para-hydroxylation sites is 3. The van der Waals surface area contributed by atoms with Gasteiger partial charge in [0.25, 0.3) is 5.91 Å². The maximum Gasteiger partial charge on any atom is 0.255 e. The van der Waals surface area contributed by atoms with Crippen molar-refractivity contribution in [1.29, 1.82) is 0 Å². The van der Waals surface area contributed by atoms with Gasteiger partial charge in [-0.2, -0.15) is 0 Å². The molecule has 4 rings (SSSR count). The number of fused-ring (bicyclic) bond motifs is 2. The van der Waals surface area contributed by atoms with Crippen molar-refractivity contribution in [2.45, 2.75) is 6.54 Å². The van der Waals surface area contributed by atoms with Gasteiger partial charge in [-0.15, -0.1) is 0 Å². The Labute approximate surface area is 132 Å². The summed E-state index contributed by atoms with van der Waals surface area (Å²) >= 11 is 0. The molecular weight excluding hydrogens is 294 g/mol. The van der Waals surface area contributed by atoms with Gasteiger partial charge in [-0.1, -0.05) is 18.2 Å². The molecule has 2 N–H and O–H groups in total. The van der Waals surface area contributed by atoms with Gasteiger partial charge < -0.3 is 19.8 Å². The average Bonchev–Trinajstić information content (AvgIpc) is 3.02. The molecule has 0 atom stereocenters. The van der Waals surface area contributed by atoms with Crippen molar-refractivity contribution in [3.05, 3.63) is 53.9 Å². The van der Waals surface area contributed by atoms with E-state index in [1.807, 2.05) is 24.3 Å². The summed E-state index contributed by atoms with van der Waals surface area (Å²) < 4.78 is 11.1. The van der Waals surface area contributed by atoms with E-state index < -0.39 is 0 Å². The Bertz CT molecular complexity index is 839. The van der Waals surface area contributed by atoms with Crippen LogP contribution >= 0.6 is 0 Å². The highest BCUT2D eigenvalue weighted by molar-refractivity contribution is 5.97. The number of nitrogens with one attached hydrogen (secondary N) is 2. The summed E-state index contributed by atoms with van der Waals surface area (Å²) in [5.41, 5.74) is 2.30. The number of imidazole rings is 1. The number of carbonyl (C=O) groups excluding carboxylic acids is 1. The molecule has 0 radical (unpaired) electrons. The van der Waals surface area contributed by atoms with Crippen LogP contribution in [-0.2, 0) is 6.54 Å². The van der Waals surface area contributed by atoms with Gasteiger partial charge in [0.1, 0.15) is 19.0 Å². The zero-order chi connectivity index (χ0) is 15.6. The summed E-state index contributed by atoms with van der Waals surface area (Å²) in [5.74, 6) is 1.60. The van der Waals surface area contributed by atoms with Gasteiger partial charge >= 0.3 is 0 Å². The SMILES string of the molecule is O=C(NCc1nc2ccccc2[nH]1)c1cccc2c1OCCO2. The average molecular weight is 309 g/mol. The zero-order valence-electron chi connectivity index (χ0n) is 12.3. The predicted molar refractivity (Wildman–Crippen MR) is 84.7 cm³/mol. The lowest BCUT2D eigenvalue weighted by Gasteiger charge is -2.20. The van der Waals surface area contributed by atoms with Crippen molar-refractivity contribution in [1.82, 2.24) is 15.3 Å². The maximum atomic E-state index is 12.4. The molecule has 116 valence electrons. The van der Waals surface area contributed by atoms with Crippen LogP contribution in [-0.4, -0.2) is 29.1 Å². The van der Waals surface area contributed by atoms with Crippen molar-refractivity contribution in [2.75, 3.05) is 13.2 Å². The Hall–Kier alpha value is -3.02.